The molecule has 224 valence electrons. The maximum Gasteiger partial charge on any atom is 0.338 e. The molecule has 0 heterocycles. The lowest BCUT2D eigenvalue weighted by atomic mass is 10.0. The van der Waals surface area contributed by atoms with Gasteiger partial charge in [0.15, 0.2) is 0 Å². The summed E-state index contributed by atoms with van der Waals surface area (Å²) < 4.78 is 5.92. The van der Waals surface area contributed by atoms with Gasteiger partial charge in [-0.15, -0.1) is 0 Å². The van der Waals surface area contributed by atoms with Crippen LogP contribution in [0.15, 0.2) is 66.7 Å². The molecule has 10 heteroatoms. The first-order chi connectivity index (χ1) is 20.1. The van der Waals surface area contributed by atoms with Crippen LogP contribution in [-0.4, -0.2) is 54.5 Å². The molecule has 2 atom stereocenters. The Morgan fingerprint density at radius 2 is 1.45 bits per heavy atom. The lowest BCUT2D eigenvalue weighted by Gasteiger charge is -2.25. The second-order valence-electron chi connectivity index (χ2n) is 10.2. The van der Waals surface area contributed by atoms with Gasteiger partial charge in [0.2, 0.25) is 5.91 Å². The quantitative estimate of drug-likeness (QED) is 0.201. The Bertz CT molecular complexity index is 1340. The van der Waals surface area contributed by atoms with Crippen LogP contribution in [0.1, 0.15) is 68.9 Å². The monoisotopic (exact) mass is 612 g/mol. The van der Waals surface area contributed by atoms with Gasteiger partial charge in [-0.2, -0.15) is 0 Å². The minimum Gasteiger partial charge on any atom is -0.456 e. The van der Waals surface area contributed by atoms with Crippen LogP contribution in [0.4, 0.5) is 0 Å². The number of primary amides is 1. The van der Waals surface area contributed by atoms with Crippen LogP contribution in [0, 0.1) is 0 Å². The van der Waals surface area contributed by atoms with E-state index in [1.807, 2.05) is 44.2 Å². The van der Waals surface area contributed by atoms with Crippen molar-refractivity contribution in [1.82, 2.24) is 10.2 Å². The number of benzene rings is 3. The van der Waals surface area contributed by atoms with Crippen LogP contribution in [0.3, 0.4) is 0 Å². The molecule has 0 aliphatic carbocycles. The Labute approximate surface area is 257 Å². The van der Waals surface area contributed by atoms with Crippen molar-refractivity contribution in [2.24, 2.45) is 11.5 Å². The molecule has 5 N–H and O–H groups in total. The number of halogens is 2. The molecule has 2 unspecified atom stereocenters. The number of hydrogen-bond donors (Lipinski definition) is 3. The largest absolute Gasteiger partial charge is 0.456 e. The third-order valence-electron chi connectivity index (χ3n) is 6.62. The number of carbonyl (C=O) groups is 3. The Morgan fingerprint density at radius 1 is 0.857 bits per heavy atom. The molecular weight excluding hydrogens is 575 g/mol. The van der Waals surface area contributed by atoms with Crippen molar-refractivity contribution in [1.29, 1.82) is 0 Å². The van der Waals surface area contributed by atoms with Crippen LogP contribution in [0.2, 0.25) is 10.0 Å². The zero-order chi connectivity index (χ0) is 30.6. The van der Waals surface area contributed by atoms with Crippen molar-refractivity contribution in [3.05, 3.63) is 105 Å². The van der Waals surface area contributed by atoms with E-state index in [9.17, 15) is 14.4 Å². The predicted molar refractivity (Wildman–Crippen MR) is 167 cm³/mol. The van der Waals surface area contributed by atoms with E-state index in [1.54, 1.807) is 23.1 Å². The number of hydrogen-bond acceptors (Lipinski definition) is 6. The molecule has 3 aromatic rings. The van der Waals surface area contributed by atoms with E-state index in [0.717, 1.165) is 24.0 Å². The van der Waals surface area contributed by atoms with Crippen molar-refractivity contribution in [3.8, 4) is 0 Å². The Hall–Kier alpha value is -3.43. The molecule has 2 amide bonds. The second kappa shape index (κ2) is 16.3. The summed E-state index contributed by atoms with van der Waals surface area (Å²) >= 11 is 12.4. The summed E-state index contributed by atoms with van der Waals surface area (Å²) in [5.74, 6) is -1.77. The third-order valence-corrected chi connectivity index (χ3v) is 7.06. The summed E-state index contributed by atoms with van der Waals surface area (Å²) in [6.45, 7) is 5.83. The van der Waals surface area contributed by atoms with E-state index < -0.39 is 24.0 Å². The topological polar surface area (TPSA) is 128 Å². The number of esters is 1. The predicted octanol–water partition coefficient (Wildman–Crippen LogP) is 5.24. The van der Waals surface area contributed by atoms with Crippen molar-refractivity contribution >= 4 is 41.0 Å². The van der Waals surface area contributed by atoms with Gasteiger partial charge in [0, 0.05) is 53.4 Å². The highest BCUT2D eigenvalue weighted by Crippen LogP contribution is 2.21. The molecule has 0 saturated carbocycles. The zero-order valence-corrected chi connectivity index (χ0v) is 25.5. The highest BCUT2D eigenvalue weighted by Gasteiger charge is 2.26. The highest BCUT2D eigenvalue weighted by molar-refractivity contribution is 6.34. The third kappa shape index (κ3) is 9.84. The Balaban J connectivity index is 1.87. The first-order valence-corrected chi connectivity index (χ1v) is 14.8. The van der Waals surface area contributed by atoms with E-state index in [0.29, 0.717) is 36.1 Å². The summed E-state index contributed by atoms with van der Waals surface area (Å²) in [4.78, 5) is 40.6. The van der Waals surface area contributed by atoms with E-state index in [-0.39, 0.29) is 29.1 Å². The van der Waals surface area contributed by atoms with Gasteiger partial charge in [-0.1, -0.05) is 67.4 Å². The van der Waals surface area contributed by atoms with Crippen LogP contribution in [0.5, 0.6) is 0 Å². The summed E-state index contributed by atoms with van der Waals surface area (Å²) in [5, 5.41) is 4.25. The molecule has 0 bridgehead atoms. The van der Waals surface area contributed by atoms with E-state index >= 15 is 0 Å². The molecule has 0 radical (unpaired) electrons. The molecule has 0 aliphatic heterocycles. The lowest BCUT2D eigenvalue weighted by molar-refractivity contribution is 0.0238. The summed E-state index contributed by atoms with van der Waals surface area (Å²) in [5.41, 5.74) is 14.3. The molecule has 0 saturated heterocycles. The fourth-order valence-corrected chi connectivity index (χ4v) is 5.19. The van der Waals surface area contributed by atoms with Gasteiger partial charge >= 0.3 is 5.97 Å². The Kier molecular flexibility index (Phi) is 12.8. The molecule has 8 nitrogen and oxygen atoms in total. The minimum absolute atomic E-state index is 0.0358. The second-order valence-corrected chi connectivity index (χ2v) is 11.0. The standard InChI is InChI=1S/C32H38Cl2N4O4/c1-3-10-38(11-4-2)31(40)24-15-23(30(36)39)16-25(17-24)32(41)42-29(20-37-19-21-8-6-5-7-9-21)28(35)14-22-12-26(33)18-27(34)13-22/h5-9,12-13,15-18,28-29,37H,3-4,10-11,14,19-20,35H2,1-2H3,(H2,36,39). The first kappa shape index (κ1) is 33.1. The number of ether oxygens (including phenoxy) is 1. The van der Waals surface area contributed by atoms with Crippen molar-refractivity contribution in [2.45, 2.75) is 51.8 Å². The van der Waals surface area contributed by atoms with Gasteiger partial charge in [-0.05, 0) is 66.8 Å². The van der Waals surface area contributed by atoms with Crippen molar-refractivity contribution < 1.29 is 19.1 Å². The molecule has 0 spiro atoms. The van der Waals surface area contributed by atoms with Gasteiger partial charge in [0.05, 0.1) is 5.56 Å². The van der Waals surface area contributed by atoms with Crippen LogP contribution in [0.25, 0.3) is 0 Å². The molecule has 0 fully saturated rings. The molecule has 0 aromatic heterocycles. The minimum atomic E-state index is -0.771. The summed E-state index contributed by atoms with van der Waals surface area (Å²) in [6.07, 6.45) is 1.10. The lowest BCUT2D eigenvalue weighted by Crippen LogP contribution is -2.46. The van der Waals surface area contributed by atoms with Crippen molar-refractivity contribution in [3.63, 3.8) is 0 Å². The van der Waals surface area contributed by atoms with Crippen molar-refractivity contribution in [2.75, 3.05) is 19.6 Å². The maximum atomic E-state index is 13.5. The van der Waals surface area contributed by atoms with Crippen LogP contribution in [-0.2, 0) is 17.7 Å². The molecule has 0 aliphatic rings. The smallest absolute Gasteiger partial charge is 0.338 e. The van der Waals surface area contributed by atoms with E-state index in [2.05, 4.69) is 5.32 Å². The van der Waals surface area contributed by atoms with E-state index in [4.69, 9.17) is 39.4 Å². The average molecular weight is 614 g/mol. The Morgan fingerprint density at radius 3 is 2.05 bits per heavy atom. The summed E-state index contributed by atoms with van der Waals surface area (Å²) in [6, 6.07) is 18.5. The van der Waals surface area contributed by atoms with Gasteiger partial charge in [0.1, 0.15) is 6.10 Å². The van der Waals surface area contributed by atoms with Gasteiger partial charge in [-0.25, -0.2) is 4.79 Å². The highest BCUT2D eigenvalue weighted by atomic mass is 35.5. The fraction of sp³-hybridized carbons (Fsp3) is 0.344. The maximum absolute atomic E-state index is 13.5. The fourth-order valence-electron chi connectivity index (χ4n) is 4.62. The molecular formula is C32H38Cl2N4O4. The van der Waals surface area contributed by atoms with E-state index in [1.165, 1.54) is 18.2 Å². The number of nitrogens with one attached hydrogen (secondary N) is 1. The zero-order valence-electron chi connectivity index (χ0n) is 23.9. The normalized spacial score (nSPS) is 12.4. The number of nitrogens with zero attached hydrogens (tertiary/aromatic N) is 1. The SMILES string of the molecule is CCCN(CCC)C(=O)c1cc(C(N)=O)cc(C(=O)OC(CNCc2ccccc2)C(N)Cc2cc(Cl)cc(Cl)c2)c1. The molecule has 3 aromatic carbocycles. The first-order valence-electron chi connectivity index (χ1n) is 14.0. The number of carbonyl (C=O) groups excluding carboxylic acids is 3. The molecule has 3 rings (SSSR count). The number of nitrogens with two attached hydrogens (primary N) is 2. The van der Waals surface area contributed by atoms with Crippen LogP contribution < -0.4 is 16.8 Å². The summed E-state index contributed by atoms with van der Waals surface area (Å²) in [7, 11) is 0. The van der Waals surface area contributed by atoms with Gasteiger partial charge in [-0.3, -0.25) is 9.59 Å². The van der Waals surface area contributed by atoms with Gasteiger partial charge < -0.3 is 26.4 Å². The van der Waals surface area contributed by atoms with Crippen LogP contribution >= 0.6 is 23.2 Å². The number of rotatable bonds is 15. The van der Waals surface area contributed by atoms with Gasteiger partial charge in [0.25, 0.3) is 5.91 Å². The number of amides is 2. The molecule has 42 heavy (non-hydrogen) atoms. The average Bonchev–Trinajstić information content (AvgIpc) is 2.95.